The molecule has 3 nitrogen and oxygen atoms in total. The van der Waals surface area contributed by atoms with E-state index < -0.39 is 0 Å². The Hall–Kier alpha value is -1.41. The number of aliphatic hydroxyl groups is 1. The Morgan fingerprint density at radius 3 is 2.63 bits per heavy atom. The molecule has 0 unspecified atom stereocenters. The third kappa shape index (κ3) is 3.32. The topological polar surface area (TPSA) is 56.9 Å². The van der Waals surface area contributed by atoms with Gasteiger partial charge in [-0.05, 0) is 12.0 Å². The first kappa shape index (κ1) is 14.0. The molecule has 0 saturated carbocycles. The highest BCUT2D eigenvalue weighted by Crippen LogP contribution is 2.38. The van der Waals surface area contributed by atoms with Crippen molar-refractivity contribution < 1.29 is 5.11 Å². The molecule has 0 amide bonds. The van der Waals surface area contributed by atoms with E-state index in [1.807, 2.05) is 30.3 Å². The van der Waals surface area contributed by atoms with Crippen molar-refractivity contribution in [1.29, 1.82) is 5.26 Å². The van der Waals surface area contributed by atoms with Gasteiger partial charge >= 0.3 is 0 Å². The van der Waals surface area contributed by atoms with Crippen LogP contribution in [0.15, 0.2) is 36.5 Å². The summed E-state index contributed by atoms with van der Waals surface area (Å²) in [6, 6.07) is 11.9. The second-order valence-electron chi connectivity index (χ2n) is 4.15. The van der Waals surface area contributed by atoms with Gasteiger partial charge < -0.3 is 5.11 Å². The molecule has 0 bridgehead atoms. The molecule has 2 atom stereocenters. The monoisotopic (exact) mass is 292 g/mol. The number of aliphatic hydroxyl groups excluding tert-OH is 1. The maximum absolute atomic E-state index is 9.46. The fraction of sp³-hybridized carbons (Fsp3) is 0.286. The zero-order valence-electron chi connectivity index (χ0n) is 10.2. The van der Waals surface area contributed by atoms with E-state index in [1.165, 1.54) is 11.3 Å². The van der Waals surface area contributed by atoms with Crippen molar-refractivity contribution >= 4 is 22.9 Å². The average molecular weight is 293 g/mol. The molecule has 1 aromatic heterocycles. The third-order valence-electron chi connectivity index (χ3n) is 3.00. The van der Waals surface area contributed by atoms with Gasteiger partial charge in [0.1, 0.15) is 0 Å². The van der Waals surface area contributed by atoms with E-state index in [4.69, 9.17) is 11.6 Å². The molecule has 0 spiro atoms. The van der Waals surface area contributed by atoms with Gasteiger partial charge in [0, 0.05) is 23.6 Å². The standard InChI is InChI=1S/C14H13ClN2OS/c15-14-17-9-13(19-14)11(6-7-18)12(8-16)10-4-2-1-3-5-10/h1-5,9,11-12,18H,6-7H2/t11-,12-/m0/s1. The number of hydrogen-bond acceptors (Lipinski definition) is 4. The molecule has 2 aromatic rings. The van der Waals surface area contributed by atoms with E-state index in [2.05, 4.69) is 11.1 Å². The molecular formula is C14H13ClN2OS. The van der Waals surface area contributed by atoms with Crippen molar-refractivity contribution in [2.24, 2.45) is 0 Å². The first-order valence-corrected chi connectivity index (χ1v) is 7.12. The second-order valence-corrected chi connectivity index (χ2v) is 5.80. The molecule has 2 rings (SSSR count). The van der Waals surface area contributed by atoms with Gasteiger partial charge in [0.15, 0.2) is 4.47 Å². The summed E-state index contributed by atoms with van der Waals surface area (Å²) >= 11 is 7.23. The summed E-state index contributed by atoms with van der Waals surface area (Å²) in [6.45, 7) is 0.0329. The van der Waals surface area contributed by atoms with Gasteiger partial charge in [-0.3, -0.25) is 0 Å². The van der Waals surface area contributed by atoms with Gasteiger partial charge in [-0.2, -0.15) is 5.26 Å². The van der Waals surface area contributed by atoms with Crippen LogP contribution in [0, 0.1) is 11.3 Å². The first-order chi connectivity index (χ1) is 9.26. The van der Waals surface area contributed by atoms with Crippen LogP contribution < -0.4 is 0 Å². The third-order valence-corrected chi connectivity index (χ3v) is 4.25. The van der Waals surface area contributed by atoms with Crippen molar-refractivity contribution in [3.05, 3.63) is 51.4 Å². The number of nitrogens with zero attached hydrogens (tertiary/aromatic N) is 2. The summed E-state index contributed by atoms with van der Waals surface area (Å²) in [7, 11) is 0. The molecule has 0 fully saturated rings. The van der Waals surface area contributed by atoms with Crippen LogP contribution in [0.5, 0.6) is 0 Å². The zero-order valence-corrected chi connectivity index (χ0v) is 11.7. The number of halogens is 1. The smallest absolute Gasteiger partial charge is 0.183 e. The van der Waals surface area contributed by atoms with Crippen molar-refractivity contribution in [1.82, 2.24) is 4.98 Å². The number of nitriles is 1. The van der Waals surface area contributed by atoms with Gasteiger partial charge in [-0.1, -0.05) is 41.9 Å². The number of hydrogen-bond donors (Lipinski definition) is 1. The maximum Gasteiger partial charge on any atom is 0.183 e. The van der Waals surface area contributed by atoms with Crippen molar-refractivity contribution in [3.63, 3.8) is 0 Å². The SMILES string of the molecule is N#C[C@@H](c1ccccc1)[C@H](CCO)c1cnc(Cl)s1. The van der Waals surface area contributed by atoms with E-state index in [1.54, 1.807) is 6.20 Å². The van der Waals surface area contributed by atoms with Gasteiger partial charge in [0.2, 0.25) is 0 Å². The molecule has 98 valence electrons. The molecular weight excluding hydrogens is 280 g/mol. The molecule has 0 aliphatic heterocycles. The predicted molar refractivity (Wildman–Crippen MR) is 76.4 cm³/mol. The zero-order chi connectivity index (χ0) is 13.7. The Kier molecular flexibility index (Phi) is 4.92. The first-order valence-electron chi connectivity index (χ1n) is 5.93. The number of thiazole rings is 1. The van der Waals surface area contributed by atoms with Gasteiger partial charge in [-0.25, -0.2) is 4.98 Å². The summed E-state index contributed by atoms with van der Waals surface area (Å²) in [4.78, 5) is 4.96. The van der Waals surface area contributed by atoms with Crippen LogP contribution in [0.2, 0.25) is 4.47 Å². The lowest BCUT2D eigenvalue weighted by molar-refractivity contribution is 0.273. The number of benzene rings is 1. The fourth-order valence-electron chi connectivity index (χ4n) is 2.11. The van der Waals surface area contributed by atoms with Crippen LogP contribution in [0.1, 0.15) is 28.7 Å². The summed E-state index contributed by atoms with van der Waals surface area (Å²) in [5, 5.41) is 18.7. The predicted octanol–water partition coefficient (Wildman–Crippen LogP) is 3.57. The molecule has 0 saturated heterocycles. The Bertz CT molecular complexity index is 564. The molecule has 5 heteroatoms. The van der Waals surface area contributed by atoms with Crippen LogP contribution in [-0.2, 0) is 0 Å². The molecule has 0 radical (unpaired) electrons. The quantitative estimate of drug-likeness (QED) is 0.916. The Morgan fingerprint density at radius 1 is 1.37 bits per heavy atom. The van der Waals surface area contributed by atoms with Crippen molar-refractivity contribution in [3.8, 4) is 6.07 Å². The fourth-order valence-corrected chi connectivity index (χ4v) is 3.23. The van der Waals surface area contributed by atoms with Gasteiger partial charge in [0.25, 0.3) is 0 Å². The Morgan fingerprint density at radius 2 is 2.11 bits per heavy atom. The van der Waals surface area contributed by atoms with Crippen LogP contribution in [0.3, 0.4) is 0 Å². The van der Waals surface area contributed by atoms with Crippen LogP contribution in [-0.4, -0.2) is 16.7 Å². The molecule has 19 heavy (non-hydrogen) atoms. The average Bonchev–Trinajstić information content (AvgIpc) is 2.86. The summed E-state index contributed by atoms with van der Waals surface area (Å²) < 4.78 is 0.461. The molecule has 0 aliphatic carbocycles. The summed E-state index contributed by atoms with van der Waals surface area (Å²) in [6.07, 6.45) is 2.21. The highest BCUT2D eigenvalue weighted by molar-refractivity contribution is 7.15. The maximum atomic E-state index is 9.46. The molecule has 1 aromatic carbocycles. The Balaban J connectivity index is 2.34. The summed E-state index contributed by atoms with van der Waals surface area (Å²) in [5.74, 6) is -0.382. The second kappa shape index (κ2) is 6.67. The minimum Gasteiger partial charge on any atom is -0.396 e. The molecule has 0 aliphatic rings. The molecule has 1 N–H and O–H groups in total. The number of aromatic nitrogens is 1. The highest BCUT2D eigenvalue weighted by Gasteiger charge is 2.26. The van der Waals surface area contributed by atoms with E-state index in [-0.39, 0.29) is 18.4 Å². The highest BCUT2D eigenvalue weighted by atomic mass is 35.5. The lowest BCUT2D eigenvalue weighted by Crippen LogP contribution is -2.10. The number of rotatable bonds is 5. The van der Waals surface area contributed by atoms with Crippen LogP contribution >= 0.6 is 22.9 Å². The minimum absolute atomic E-state index is 0.0329. The van der Waals surface area contributed by atoms with Crippen molar-refractivity contribution in [2.75, 3.05) is 6.61 Å². The van der Waals surface area contributed by atoms with E-state index in [0.717, 1.165) is 10.4 Å². The normalized spacial score (nSPS) is 13.7. The minimum atomic E-state index is -0.301. The Labute approximate surface area is 121 Å². The molecule has 1 heterocycles. The van der Waals surface area contributed by atoms with E-state index in [9.17, 15) is 10.4 Å². The lowest BCUT2D eigenvalue weighted by atomic mass is 9.84. The van der Waals surface area contributed by atoms with E-state index in [0.29, 0.717) is 10.9 Å². The van der Waals surface area contributed by atoms with Crippen LogP contribution in [0.4, 0.5) is 0 Å². The van der Waals surface area contributed by atoms with Gasteiger partial charge in [0.05, 0.1) is 12.0 Å². The lowest BCUT2D eigenvalue weighted by Gasteiger charge is -2.20. The van der Waals surface area contributed by atoms with E-state index >= 15 is 0 Å². The van der Waals surface area contributed by atoms with Crippen LogP contribution in [0.25, 0.3) is 0 Å². The van der Waals surface area contributed by atoms with Gasteiger partial charge in [-0.15, -0.1) is 11.3 Å². The van der Waals surface area contributed by atoms with Crippen molar-refractivity contribution in [2.45, 2.75) is 18.3 Å². The summed E-state index contributed by atoms with van der Waals surface area (Å²) in [5.41, 5.74) is 0.952. The largest absolute Gasteiger partial charge is 0.396 e.